The number of hydrogen-bond acceptors (Lipinski definition) is 4. The summed E-state index contributed by atoms with van der Waals surface area (Å²) in [5.41, 5.74) is 6.35. The van der Waals surface area contributed by atoms with Gasteiger partial charge in [-0.2, -0.15) is 0 Å². The highest BCUT2D eigenvalue weighted by atomic mass is 16.4. The van der Waals surface area contributed by atoms with Gasteiger partial charge in [0.05, 0.1) is 12.0 Å². The van der Waals surface area contributed by atoms with Crippen LogP contribution in [0.25, 0.3) is 11.7 Å². The Balaban J connectivity index is 2.33. The Labute approximate surface area is 81.7 Å². The fraction of sp³-hybridized carbons (Fsp3) is 0.300. The predicted octanol–water partition coefficient (Wildman–Crippen LogP) is 1.74. The van der Waals surface area contributed by atoms with Crippen molar-refractivity contribution in [3.63, 3.8) is 0 Å². The number of furan rings is 1. The third kappa shape index (κ3) is 1.56. The summed E-state index contributed by atoms with van der Waals surface area (Å²) in [6.07, 6.45) is 2.33. The molecule has 0 aliphatic carbocycles. The third-order valence-corrected chi connectivity index (χ3v) is 2.01. The Hall–Kier alpha value is -1.55. The molecular formula is C10H12N2O2. The van der Waals surface area contributed by atoms with E-state index in [1.54, 1.807) is 12.3 Å². The first-order valence-corrected chi connectivity index (χ1v) is 4.51. The summed E-state index contributed by atoms with van der Waals surface area (Å²) in [6, 6.07) is 3.62. The van der Waals surface area contributed by atoms with E-state index in [2.05, 4.69) is 4.98 Å². The molecule has 4 nitrogen and oxygen atoms in total. The minimum Gasteiger partial charge on any atom is -0.459 e. The van der Waals surface area contributed by atoms with Crippen molar-refractivity contribution in [2.45, 2.75) is 13.3 Å². The first-order valence-electron chi connectivity index (χ1n) is 4.51. The van der Waals surface area contributed by atoms with Crippen LogP contribution in [-0.2, 0) is 6.42 Å². The topological polar surface area (TPSA) is 65.2 Å². The van der Waals surface area contributed by atoms with Gasteiger partial charge in [0.15, 0.2) is 5.76 Å². The summed E-state index contributed by atoms with van der Waals surface area (Å²) >= 11 is 0. The summed E-state index contributed by atoms with van der Waals surface area (Å²) in [5.74, 6) is 1.98. The third-order valence-electron chi connectivity index (χ3n) is 2.01. The highest BCUT2D eigenvalue weighted by Crippen LogP contribution is 2.21. The minimum absolute atomic E-state index is 0.524. The van der Waals surface area contributed by atoms with Gasteiger partial charge in [-0.15, -0.1) is 0 Å². The Morgan fingerprint density at radius 1 is 1.50 bits per heavy atom. The summed E-state index contributed by atoms with van der Waals surface area (Å²) < 4.78 is 10.6. The summed E-state index contributed by atoms with van der Waals surface area (Å²) in [4.78, 5) is 4.30. The quantitative estimate of drug-likeness (QED) is 0.804. The lowest BCUT2D eigenvalue weighted by Gasteiger charge is -1.89. The Kier molecular flexibility index (Phi) is 2.37. The molecule has 2 aromatic rings. The van der Waals surface area contributed by atoms with Crippen molar-refractivity contribution in [1.82, 2.24) is 4.98 Å². The van der Waals surface area contributed by atoms with Crippen molar-refractivity contribution in [2.24, 2.45) is 5.73 Å². The molecule has 0 amide bonds. The fourth-order valence-corrected chi connectivity index (χ4v) is 1.30. The molecular weight excluding hydrogens is 180 g/mol. The fourth-order valence-electron chi connectivity index (χ4n) is 1.30. The zero-order chi connectivity index (χ0) is 9.97. The van der Waals surface area contributed by atoms with Crippen LogP contribution in [0.1, 0.15) is 11.5 Å². The van der Waals surface area contributed by atoms with Gasteiger partial charge in [0.1, 0.15) is 5.76 Å². The van der Waals surface area contributed by atoms with Gasteiger partial charge in [-0.1, -0.05) is 0 Å². The Morgan fingerprint density at radius 3 is 3.00 bits per heavy atom. The highest BCUT2D eigenvalue weighted by molar-refractivity contribution is 5.44. The molecule has 0 aromatic carbocycles. The van der Waals surface area contributed by atoms with E-state index in [1.165, 1.54) is 0 Å². The zero-order valence-corrected chi connectivity index (χ0v) is 7.99. The molecule has 0 aliphatic heterocycles. The lowest BCUT2D eigenvalue weighted by molar-refractivity contribution is 0.499. The number of rotatable bonds is 3. The second-order valence-electron chi connectivity index (χ2n) is 3.04. The lowest BCUT2D eigenvalue weighted by atomic mass is 10.3. The lowest BCUT2D eigenvalue weighted by Crippen LogP contribution is -2.03. The average Bonchev–Trinajstić information content (AvgIpc) is 2.76. The van der Waals surface area contributed by atoms with Gasteiger partial charge in [0.25, 0.3) is 5.89 Å². The van der Waals surface area contributed by atoms with E-state index in [1.807, 2.05) is 13.0 Å². The van der Waals surface area contributed by atoms with Gasteiger partial charge in [-0.05, 0) is 25.6 Å². The van der Waals surface area contributed by atoms with Crippen LogP contribution in [0.3, 0.4) is 0 Å². The van der Waals surface area contributed by atoms with Gasteiger partial charge >= 0.3 is 0 Å². The van der Waals surface area contributed by atoms with Crippen molar-refractivity contribution in [2.75, 3.05) is 6.54 Å². The molecule has 0 bridgehead atoms. The molecule has 0 spiro atoms. The van der Waals surface area contributed by atoms with Gasteiger partial charge in [-0.3, -0.25) is 0 Å². The van der Waals surface area contributed by atoms with E-state index in [4.69, 9.17) is 14.6 Å². The van der Waals surface area contributed by atoms with Crippen LogP contribution >= 0.6 is 0 Å². The number of hydrogen-bond donors (Lipinski definition) is 1. The van der Waals surface area contributed by atoms with E-state index in [-0.39, 0.29) is 0 Å². The summed E-state index contributed by atoms with van der Waals surface area (Å²) in [6.45, 7) is 2.45. The Bertz CT molecular complexity index is 404. The molecule has 0 saturated heterocycles. The maximum atomic E-state index is 5.45. The van der Waals surface area contributed by atoms with Gasteiger partial charge in [0, 0.05) is 6.42 Å². The molecule has 74 valence electrons. The van der Waals surface area contributed by atoms with Crippen molar-refractivity contribution >= 4 is 0 Å². The van der Waals surface area contributed by atoms with Gasteiger partial charge in [-0.25, -0.2) is 4.98 Å². The van der Waals surface area contributed by atoms with Crippen LogP contribution in [0, 0.1) is 6.92 Å². The normalized spacial score (nSPS) is 10.7. The van der Waals surface area contributed by atoms with Crippen LogP contribution in [0.5, 0.6) is 0 Å². The second kappa shape index (κ2) is 3.67. The van der Waals surface area contributed by atoms with Crippen molar-refractivity contribution < 1.29 is 8.83 Å². The van der Waals surface area contributed by atoms with Crippen molar-refractivity contribution in [3.05, 3.63) is 29.9 Å². The molecule has 4 heteroatoms. The van der Waals surface area contributed by atoms with Crippen LogP contribution < -0.4 is 5.73 Å². The zero-order valence-electron chi connectivity index (χ0n) is 7.99. The first-order chi connectivity index (χ1) is 6.81. The smallest absolute Gasteiger partial charge is 0.263 e. The van der Waals surface area contributed by atoms with E-state index in [9.17, 15) is 0 Å². The monoisotopic (exact) mass is 192 g/mol. The largest absolute Gasteiger partial charge is 0.459 e. The van der Waals surface area contributed by atoms with E-state index in [0.29, 0.717) is 18.2 Å². The highest BCUT2D eigenvalue weighted by Gasteiger charge is 2.12. The molecule has 0 unspecified atom stereocenters. The van der Waals surface area contributed by atoms with E-state index < -0.39 is 0 Å². The second-order valence-corrected chi connectivity index (χ2v) is 3.04. The van der Waals surface area contributed by atoms with Crippen LogP contribution in [0.2, 0.25) is 0 Å². The maximum absolute atomic E-state index is 5.45. The van der Waals surface area contributed by atoms with Crippen LogP contribution in [0.15, 0.2) is 27.2 Å². The Morgan fingerprint density at radius 2 is 2.36 bits per heavy atom. The molecule has 14 heavy (non-hydrogen) atoms. The van der Waals surface area contributed by atoms with Gasteiger partial charge in [0.2, 0.25) is 0 Å². The van der Waals surface area contributed by atoms with E-state index in [0.717, 1.165) is 17.9 Å². The summed E-state index contributed by atoms with van der Waals surface area (Å²) in [7, 11) is 0. The molecule has 2 rings (SSSR count). The molecule has 0 radical (unpaired) electrons. The SMILES string of the molecule is Cc1oc(-c2ccco2)nc1CCN. The standard InChI is InChI=1S/C10H12N2O2/c1-7-8(4-5-11)12-10(14-7)9-3-2-6-13-9/h2-3,6H,4-5,11H2,1H3. The molecule has 2 N–H and O–H groups in total. The van der Waals surface area contributed by atoms with Gasteiger partial charge < -0.3 is 14.6 Å². The molecule has 2 aromatic heterocycles. The average molecular weight is 192 g/mol. The minimum atomic E-state index is 0.524. The van der Waals surface area contributed by atoms with Crippen molar-refractivity contribution in [3.8, 4) is 11.7 Å². The van der Waals surface area contributed by atoms with Crippen LogP contribution in [-0.4, -0.2) is 11.5 Å². The van der Waals surface area contributed by atoms with Crippen molar-refractivity contribution in [1.29, 1.82) is 0 Å². The molecule has 0 atom stereocenters. The number of oxazole rings is 1. The predicted molar refractivity (Wildman–Crippen MR) is 51.7 cm³/mol. The number of nitrogens with two attached hydrogens (primary N) is 1. The number of aryl methyl sites for hydroxylation is 1. The molecule has 0 aliphatic rings. The number of nitrogens with zero attached hydrogens (tertiary/aromatic N) is 1. The van der Waals surface area contributed by atoms with E-state index >= 15 is 0 Å². The number of aromatic nitrogens is 1. The maximum Gasteiger partial charge on any atom is 0.263 e. The summed E-state index contributed by atoms with van der Waals surface area (Å²) in [5, 5.41) is 0. The molecule has 0 fully saturated rings. The molecule has 2 heterocycles. The van der Waals surface area contributed by atoms with Crippen LogP contribution in [0.4, 0.5) is 0 Å². The molecule has 0 saturated carbocycles. The first kappa shape index (κ1) is 9.02.